The van der Waals surface area contributed by atoms with E-state index in [1.165, 1.54) is 11.1 Å². The van der Waals surface area contributed by atoms with Gasteiger partial charge in [-0.15, -0.1) is 0 Å². The predicted molar refractivity (Wildman–Crippen MR) is 74.9 cm³/mol. The molecule has 3 heteroatoms. The first-order valence-electron chi connectivity index (χ1n) is 6.16. The first-order valence-corrected chi connectivity index (χ1v) is 6.53. The Morgan fingerprint density at radius 3 is 2.28 bits per heavy atom. The van der Waals surface area contributed by atoms with E-state index in [0.717, 1.165) is 12.2 Å². The summed E-state index contributed by atoms with van der Waals surface area (Å²) in [4.78, 5) is 0. The second-order valence-corrected chi connectivity index (χ2v) is 5.22. The molecule has 2 aromatic rings. The van der Waals surface area contributed by atoms with Crippen molar-refractivity contribution in [3.05, 3.63) is 58.5 Å². The second-order valence-electron chi connectivity index (χ2n) is 4.85. The molecule has 2 rings (SSSR count). The van der Waals surface area contributed by atoms with Crippen LogP contribution in [0.2, 0.25) is 5.22 Å². The third kappa shape index (κ3) is 3.15. The fraction of sp³-hybridized carbons (Fsp3) is 0.333. The number of hydrogen-bond acceptors (Lipinski definition) is 2. The summed E-state index contributed by atoms with van der Waals surface area (Å²) >= 11 is 5.74. The lowest BCUT2D eigenvalue weighted by molar-refractivity contribution is 0.466. The van der Waals surface area contributed by atoms with Gasteiger partial charge in [-0.3, -0.25) is 0 Å². The Kier molecular flexibility index (Phi) is 4.10. The molecule has 0 fully saturated rings. The van der Waals surface area contributed by atoms with E-state index < -0.39 is 0 Å². The maximum Gasteiger partial charge on any atom is 0.193 e. The Morgan fingerprint density at radius 2 is 1.78 bits per heavy atom. The number of hydrogen-bond donors (Lipinski definition) is 1. The Bertz CT molecular complexity index is 501. The highest BCUT2D eigenvalue weighted by atomic mass is 35.5. The molecule has 1 heterocycles. The summed E-state index contributed by atoms with van der Waals surface area (Å²) in [6, 6.07) is 12.0. The summed E-state index contributed by atoms with van der Waals surface area (Å²) in [7, 11) is 0. The van der Waals surface area contributed by atoms with Crippen molar-refractivity contribution in [1.29, 1.82) is 0 Å². The predicted octanol–water partition coefficient (Wildman–Crippen LogP) is 4.30. The minimum absolute atomic E-state index is 0.151. The van der Waals surface area contributed by atoms with Gasteiger partial charge in [-0.05, 0) is 47.2 Å². The Hall–Kier alpha value is -1.25. The van der Waals surface area contributed by atoms with E-state index in [9.17, 15) is 0 Å². The SMILES string of the molecule is CC(C)c1ccc(CC(N)c2ccc(Cl)o2)cc1. The summed E-state index contributed by atoms with van der Waals surface area (Å²) in [6.45, 7) is 4.37. The van der Waals surface area contributed by atoms with Crippen molar-refractivity contribution in [1.82, 2.24) is 0 Å². The molecule has 2 nitrogen and oxygen atoms in total. The van der Waals surface area contributed by atoms with Gasteiger partial charge in [0.25, 0.3) is 0 Å². The fourth-order valence-corrected chi connectivity index (χ4v) is 2.07. The third-order valence-corrected chi connectivity index (χ3v) is 3.26. The lowest BCUT2D eigenvalue weighted by Gasteiger charge is -2.10. The van der Waals surface area contributed by atoms with Crippen LogP contribution >= 0.6 is 11.6 Å². The van der Waals surface area contributed by atoms with Crippen LogP contribution in [0.4, 0.5) is 0 Å². The Morgan fingerprint density at radius 1 is 1.11 bits per heavy atom. The highest BCUT2D eigenvalue weighted by Crippen LogP contribution is 2.22. The summed E-state index contributed by atoms with van der Waals surface area (Å²) in [5.41, 5.74) is 8.63. The molecule has 0 amide bonds. The van der Waals surface area contributed by atoms with E-state index in [4.69, 9.17) is 21.8 Å². The van der Waals surface area contributed by atoms with Crippen LogP contribution in [0.3, 0.4) is 0 Å². The van der Waals surface area contributed by atoms with Crippen molar-refractivity contribution in [2.45, 2.75) is 32.2 Å². The average molecular weight is 264 g/mol. The van der Waals surface area contributed by atoms with Gasteiger partial charge in [0.2, 0.25) is 0 Å². The van der Waals surface area contributed by atoms with Gasteiger partial charge in [0.15, 0.2) is 5.22 Å². The highest BCUT2D eigenvalue weighted by molar-refractivity contribution is 6.28. The monoisotopic (exact) mass is 263 g/mol. The smallest absolute Gasteiger partial charge is 0.193 e. The minimum atomic E-state index is -0.151. The zero-order chi connectivity index (χ0) is 13.1. The average Bonchev–Trinajstić information content (AvgIpc) is 2.76. The molecular weight excluding hydrogens is 246 g/mol. The van der Waals surface area contributed by atoms with Gasteiger partial charge < -0.3 is 10.2 Å². The molecule has 18 heavy (non-hydrogen) atoms. The van der Waals surface area contributed by atoms with E-state index in [1.54, 1.807) is 6.07 Å². The van der Waals surface area contributed by atoms with E-state index in [-0.39, 0.29) is 6.04 Å². The fourth-order valence-electron chi connectivity index (χ4n) is 1.92. The van der Waals surface area contributed by atoms with Crippen LogP contribution in [0.1, 0.15) is 42.7 Å². The largest absolute Gasteiger partial charge is 0.448 e. The number of halogens is 1. The van der Waals surface area contributed by atoms with Crippen molar-refractivity contribution in [2.24, 2.45) is 5.73 Å². The van der Waals surface area contributed by atoms with Crippen LogP contribution in [0.15, 0.2) is 40.8 Å². The molecule has 1 aromatic heterocycles. The van der Waals surface area contributed by atoms with Gasteiger partial charge >= 0.3 is 0 Å². The normalized spacial score (nSPS) is 12.9. The molecule has 0 aliphatic heterocycles. The van der Waals surface area contributed by atoms with Gasteiger partial charge in [-0.25, -0.2) is 0 Å². The number of benzene rings is 1. The Balaban J connectivity index is 2.05. The standard InChI is InChI=1S/C15H18ClNO/c1-10(2)12-5-3-11(4-6-12)9-13(17)14-7-8-15(16)18-14/h3-8,10,13H,9,17H2,1-2H3. The van der Waals surface area contributed by atoms with Gasteiger partial charge in [0.05, 0.1) is 6.04 Å². The molecule has 1 unspecified atom stereocenters. The molecule has 0 aliphatic rings. The maximum atomic E-state index is 6.09. The summed E-state index contributed by atoms with van der Waals surface area (Å²) < 4.78 is 5.32. The van der Waals surface area contributed by atoms with Crippen LogP contribution < -0.4 is 5.73 Å². The van der Waals surface area contributed by atoms with Crippen LogP contribution in [-0.4, -0.2) is 0 Å². The van der Waals surface area contributed by atoms with Crippen LogP contribution in [0, 0.1) is 0 Å². The first kappa shape index (κ1) is 13.2. The van der Waals surface area contributed by atoms with E-state index >= 15 is 0 Å². The quantitative estimate of drug-likeness (QED) is 0.893. The number of furan rings is 1. The van der Waals surface area contributed by atoms with E-state index in [1.807, 2.05) is 6.07 Å². The van der Waals surface area contributed by atoms with E-state index in [2.05, 4.69) is 38.1 Å². The second kappa shape index (κ2) is 5.59. The molecule has 0 radical (unpaired) electrons. The zero-order valence-electron chi connectivity index (χ0n) is 10.7. The van der Waals surface area contributed by atoms with Crippen molar-refractivity contribution in [2.75, 3.05) is 0 Å². The zero-order valence-corrected chi connectivity index (χ0v) is 11.4. The number of rotatable bonds is 4. The molecule has 1 atom stereocenters. The van der Waals surface area contributed by atoms with Crippen molar-refractivity contribution in [3.8, 4) is 0 Å². The Labute approximate surface area is 113 Å². The molecular formula is C15H18ClNO. The van der Waals surface area contributed by atoms with Gasteiger partial charge in [-0.1, -0.05) is 38.1 Å². The highest BCUT2D eigenvalue weighted by Gasteiger charge is 2.11. The van der Waals surface area contributed by atoms with E-state index in [0.29, 0.717) is 11.1 Å². The molecule has 0 aliphatic carbocycles. The van der Waals surface area contributed by atoms with Crippen LogP contribution in [-0.2, 0) is 6.42 Å². The molecule has 1 aromatic carbocycles. The van der Waals surface area contributed by atoms with Gasteiger partial charge in [0, 0.05) is 0 Å². The lowest BCUT2D eigenvalue weighted by Crippen LogP contribution is -2.12. The lowest BCUT2D eigenvalue weighted by atomic mass is 9.99. The van der Waals surface area contributed by atoms with Crippen molar-refractivity contribution in [3.63, 3.8) is 0 Å². The first-order chi connectivity index (χ1) is 8.56. The van der Waals surface area contributed by atoms with Crippen molar-refractivity contribution >= 4 is 11.6 Å². The van der Waals surface area contributed by atoms with Crippen molar-refractivity contribution < 1.29 is 4.42 Å². The molecule has 96 valence electrons. The van der Waals surface area contributed by atoms with Gasteiger partial charge in [-0.2, -0.15) is 0 Å². The summed E-state index contributed by atoms with van der Waals surface area (Å²) in [5, 5.41) is 0.385. The molecule has 0 spiro atoms. The third-order valence-electron chi connectivity index (χ3n) is 3.06. The van der Waals surface area contributed by atoms with Crippen LogP contribution in [0.25, 0.3) is 0 Å². The topological polar surface area (TPSA) is 39.2 Å². The summed E-state index contributed by atoms with van der Waals surface area (Å²) in [6.07, 6.45) is 0.752. The molecule has 2 N–H and O–H groups in total. The molecule has 0 saturated carbocycles. The molecule has 0 bridgehead atoms. The summed E-state index contributed by atoms with van der Waals surface area (Å²) in [5.74, 6) is 1.28. The molecule has 0 saturated heterocycles. The maximum absolute atomic E-state index is 6.09. The van der Waals surface area contributed by atoms with Gasteiger partial charge in [0.1, 0.15) is 5.76 Å². The van der Waals surface area contributed by atoms with Crippen LogP contribution in [0.5, 0.6) is 0 Å². The minimum Gasteiger partial charge on any atom is -0.448 e. The number of nitrogens with two attached hydrogens (primary N) is 1.